The summed E-state index contributed by atoms with van der Waals surface area (Å²) < 4.78 is 0. The molecule has 0 spiro atoms. The fourth-order valence-corrected chi connectivity index (χ4v) is 2.67. The molecule has 1 heterocycles. The molecule has 2 aromatic rings. The Morgan fingerprint density at radius 2 is 2.10 bits per heavy atom. The van der Waals surface area contributed by atoms with Crippen LogP contribution in [0.1, 0.15) is 37.0 Å². The Balaban J connectivity index is 1.92. The number of amides is 1. The molecule has 6 heteroatoms. The van der Waals surface area contributed by atoms with Crippen LogP contribution < -0.4 is 5.32 Å². The molecule has 0 saturated carbocycles. The largest absolute Gasteiger partial charge is 0.476 e. The fraction of sp³-hybridized carbons (Fsp3) is 0.267. The van der Waals surface area contributed by atoms with Crippen molar-refractivity contribution >= 4 is 23.2 Å². The van der Waals surface area contributed by atoms with Gasteiger partial charge in [0.05, 0.1) is 5.01 Å². The van der Waals surface area contributed by atoms with Crippen molar-refractivity contribution in [3.63, 3.8) is 0 Å². The molecule has 0 saturated heterocycles. The van der Waals surface area contributed by atoms with E-state index < -0.39 is 5.97 Å². The van der Waals surface area contributed by atoms with Gasteiger partial charge in [0, 0.05) is 23.9 Å². The summed E-state index contributed by atoms with van der Waals surface area (Å²) >= 11 is 1.29. The minimum atomic E-state index is -1.03. The van der Waals surface area contributed by atoms with Crippen LogP contribution in [0.2, 0.25) is 0 Å². The average molecular weight is 304 g/mol. The highest BCUT2D eigenvalue weighted by Crippen LogP contribution is 2.13. The van der Waals surface area contributed by atoms with Crippen LogP contribution in [-0.2, 0) is 6.42 Å². The van der Waals surface area contributed by atoms with Crippen LogP contribution in [0.5, 0.6) is 0 Å². The van der Waals surface area contributed by atoms with E-state index in [1.54, 1.807) is 6.07 Å². The van der Waals surface area contributed by atoms with Crippen molar-refractivity contribution in [2.24, 2.45) is 0 Å². The molecule has 0 atom stereocenters. The summed E-state index contributed by atoms with van der Waals surface area (Å²) in [5.74, 6) is -1.15. The topological polar surface area (TPSA) is 79.3 Å². The van der Waals surface area contributed by atoms with Gasteiger partial charge in [-0.3, -0.25) is 4.79 Å². The predicted octanol–water partition coefficient (Wildman–Crippen LogP) is 2.43. The zero-order valence-electron chi connectivity index (χ0n) is 11.8. The molecular weight excluding hydrogens is 288 g/mol. The number of nitrogens with zero attached hydrogens (tertiary/aromatic N) is 1. The number of rotatable bonds is 5. The molecule has 5 nitrogen and oxygen atoms in total. The first-order valence-corrected chi connectivity index (χ1v) is 7.39. The number of nitrogens with one attached hydrogen (secondary N) is 1. The molecule has 21 heavy (non-hydrogen) atoms. The summed E-state index contributed by atoms with van der Waals surface area (Å²) in [4.78, 5) is 26.8. The number of carboxylic acids is 1. The van der Waals surface area contributed by atoms with Gasteiger partial charge in [-0.1, -0.05) is 12.1 Å². The van der Waals surface area contributed by atoms with Crippen LogP contribution in [0, 0.1) is 13.8 Å². The van der Waals surface area contributed by atoms with Gasteiger partial charge in [0.25, 0.3) is 5.91 Å². The molecule has 1 aromatic heterocycles. The van der Waals surface area contributed by atoms with Gasteiger partial charge in [-0.25, -0.2) is 9.78 Å². The number of carbonyl (C=O) groups is 2. The number of thiazole rings is 1. The van der Waals surface area contributed by atoms with Crippen LogP contribution in [0.4, 0.5) is 0 Å². The SMILES string of the molecule is Cc1cccc(C(=O)NCCc2nc(C(=O)O)cs2)c1C. The van der Waals surface area contributed by atoms with Crippen molar-refractivity contribution < 1.29 is 14.7 Å². The maximum atomic E-state index is 12.1. The predicted molar refractivity (Wildman–Crippen MR) is 81.0 cm³/mol. The van der Waals surface area contributed by atoms with Crippen molar-refractivity contribution in [3.05, 3.63) is 51.0 Å². The monoisotopic (exact) mass is 304 g/mol. The molecule has 2 N–H and O–H groups in total. The van der Waals surface area contributed by atoms with E-state index in [0.717, 1.165) is 11.1 Å². The summed E-state index contributed by atoms with van der Waals surface area (Å²) in [6.07, 6.45) is 0.522. The van der Waals surface area contributed by atoms with Gasteiger partial charge in [-0.2, -0.15) is 0 Å². The molecule has 0 unspecified atom stereocenters. The molecule has 2 rings (SSSR count). The second kappa shape index (κ2) is 6.49. The average Bonchev–Trinajstić information content (AvgIpc) is 2.91. The third kappa shape index (κ3) is 3.66. The lowest BCUT2D eigenvalue weighted by Crippen LogP contribution is -2.26. The van der Waals surface area contributed by atoms with E-state index in [9.17, 15) is 9.59 Å². The lowest BCUT2D eigenvalue weighted by Gasteiger charge is -2.08. The minimum Gasteiger partial charge on any atom is -0.476 e. The molecular formula is C15H16N2O3S. The molecule has 0 aliphatic rings. The third-order valence-electron chi connectivity index (χ3n) is 3.24. The summed E-state index contributed by atoms with van der Waals surface area (Å²) in [6, 6.07) is 5.62. The summed E-state index contributed by atoms with van der Waals surface area (Å²) in [5.41, 5.74) is 2.77. The summed E-state index contributed by atoms with van der Waals surface area (Å²) in [6.45, 7) is 4.32. The van der Waals surface area contributed by atoms with Crippen LogP contribution in [0.3, 0.4) is 0 Å². The number of hydrogen-bond acceptors (Lipinski definition) is 4. The second-order valence-electron chi connectivity index (χ2n) is 4.69. The Morgan fingerprint density at radius 1 is 1.33 bits per heavy atom. The Morgan fingerprint density at radius 3 is 2.76 bits per heavy atom. The highest BCUT2D eigenvalue weighted by molar-refractivity contribution is 7.09. The standard InChI is InChI=1S/C15H16N2O3S/c1-9-4-3-5-11(10(9)2)14(18)16-7-6-13-17-12(8-21-13)15(19)20/h3-5,8H,6-7H2,1-2H3,(H,16,18)(H,19,20). The molecule has 0 aliphatic heterocycles. The number of carbonyl (C=O) groups excluding carboxylic acids is 1. The first-order chi connectivity index (χ1) is 9.99. The maximum Gasteiger partial charge on any atom is 0.355 e. The van der Waals surface area contributed by atoms with E-state index >= 15 is 0 Å². The van der Waals surface area contributed by atoms with Gasteiger partial charge >= 0.3 is 5.97 Å². The Kier molecular flexibility index (Phi) is 4.70. The van der Waals surface area contributed by atoms with E-state index in [2.05, 4.69) is 10.3 Å². The van der Waals surface area contributed by atoms with Gasteiger partial charge in [0.15, 0.2) is 5.69 Å². The molecule has 0 aliphatic carbocycles. The normalized spacial score (nSPS) is 10.4. The van der Waals surface area contributed by atoms with Gasteiger partial charge < -0.3 is 10.4 Å². The Bertz CT molecular complexity index is 679. The van der Waals surface area contributed by atoms with Gasteiger partial charge in [-0.05, 0) is 31.0 Å². The first kappa shape index (κ1) is 15.2. The Labute approximate surface area is 126 Å². The van der Waals surface area contributed by atoms with Crippen molar-refractivity contribution in [3.8, 4) is 0 Å². The maximum absolute atomic E-state index is 12.1. The van der Waals surface area contributed by atoms with E-state index in [1.807, 2.05) is 26.0 Å². The molecule has 110 valence electrons. The van der Waals surface area contributed by atoms with E-state index in [0.29, 0.717) is 23.5 Å². The van der Waals surface area contributed by atoms with Crippen LogP contribution >= 0.6 is 11.3 Å². The lowest BCUT2D eigenvalue weighted by atomic mass is 10.0. The number of carboxylic acid groups (broad SMARTS) is 1. The first-order valence-electron chi connectivity index (χ1n) is 6.51. The zero-order valence-corrected chi connectivity index (χ0v) is 12.7. The molecule has 0 fully saturated rings. The number of hydrogen-bond donors (Lipinski definition) is 2. The minimum absolute atomic E-state index is 0.0517. The van der Waals surface area contributed by atoms with Crippen LogP contribution in [0.25, 0.3) is 0 Å². The second-order valence-corrected chi connectivity index (χ2v) is 5.63. The van der Waals surface area contributed by atoms with Crippen molar-refractivity contribution in [1.29, 1.82) is 0 Å². The summed E-state index contributed by atoms with van der Waals surface area (Å²) in [5, 5.41) is 13.8. The van der Waals surface area contributed by atoms with Crippen molar-refractivity contribution in [2.45, 2.75) is 20.3 Å². The fourth-order valence-electron chi connectivity index (χ4n) is 1.90. The Hall–Kier alpha value is -2.21. The molecule has 0 radical (unpaired) electrons. The highest BCUT2D eigenvalue weighted by Gasteiger charge is 2.11. The number of aryl methyl sites for hydroxylation is 1. The number of benzene rings is 1. The van der Waals surface area contributed by atoms with E-state index in [-0.39, 0.29) is 11.6 Å². The van der Waals surface area contributed by atoms with Crippen LogP contribution in [-0.4, -0.2) is 28.5 Å². The molecule has 1 aromatic carbocycles. The quantitative estimate of drug-likeness (QED) is 0.889. The van der Waals surface area contributed by atoms with Gasteiger partial charge in [-0.15, -0.1) is 11.3 Å². The van der Waals surface area contributed by atoms with Gasteiger partial charge in [0.1, 0.15) is 0 Å². The van der Waals surface area contributed by atoms with Crippen molar-refractivity contribution in [2.75, 3.05) is 6.54 Å². The van der Waals surface area contributed by atoms with E-state index in [4.69, 9.17) is 5.11 Å². The molecule has 0 bridgehead atoms. The zero-order chi connectivity index (χ0) is 15.4. The highest BCUT2D eigenvalue weighted by atomic mass is 32.1. The number of aromatic nitrogens is 1. The van der Waals surface area contributed by atoms with E-state index in [1.165, 1.54) is 16.7 Å². The third-order valence-corrected chi connectivity index (χ3v) is 4.15. The lowest BCUT2D eigenvalue weighted by molar-refractivity contribution is 0.0690. The van der Waals surface area contributed by atoms with Gasteiger partial charge in [0.2, 0.25) is 0 Å². The van der Waals surface area contributed by atoms with Crippen LogP contribution in [0.15, 0.2) is 23.6 Å². The molecule has 1 amide bonds. The summed E-state index contributed by atoms with van der Waals surface area (Å²) in [7, 11) is 0. The smallest absolute Gasteiger partial charge is 0.355 e. The van der Waals surface area contributed by atoms with Crippen molar-refractivity contribution in [1.82, 2.24) is 10.3 Å². The number of aromatic carboxylic acids is 1.